The third-order valence-electron chi connectivity index (χ3n) is 1.86. The van der Waals surface area contributed by atoms with Crippen molar-refractivity contribution < 1.29 is 0 Å². The number of aryl methyl sites for hydroxylation is 1. The zero-order valence-electron chi connectivity index (χ0n) is 7.72. The highest BCUT2D eigenvalue weighted by atomic mass is 14.0. The van der Waals surface area contributed by atoms with Gasteiger partial charge in [-0.1, -0.05) is 35.8 Å². The van der Waals surface area contributed by atoms with Crippen LogP contribution in [0, 0.1) is 6.92 Å². The van der Waals surface area contributed by atoms with Gasteiger partial charge in [0.15, 0.2) is 0 Å². The summed E-state index contributed by atoms with van der Waals surface area (Å²) in [7, 11) is 5.64. The summed E-state index contributed by atoms with van der Waals surface area (Å²) < 4.78 is 0. The van der Waals surface area contributed by atoms with E-state index in [-0.39, 0.29) is 0 Å². The van der Waals surface area contributed by atoms with Gasteiger partial charge in [-0.2, -0.15) is 0 Å². The van der Waals surface area contributed by atoms with E-state index in [0.29, 0.717) is 0 Å². The minimum Gasteiger partial charge on any atom is -0.0998 e. The molecule has 0 aromatic heterocycles. The Balaban J connectivity index is 2.93. The van der Waals surface area contributed by atoms with Crippen molar-refractivity contribution in [2.45, 2.75) is 20.3 Å². The number of benzene rings is 1. The van der Waals surface area contributed by atoms with Crippen LogP contribution in [0.25, 0.3) is 0 Å². The average Bonchev–Trinajstić information content (AvgIpc) is 1.94. The van der Waals surface area contributed by atoms with Gasteiger partial charge in [-0.05, 0) is 31.4 Å². The second-order valence-corrected chi connectivity index (χ2v) is 3.32. The first-order valence-corrected chi connectivity index (χ1v) is 4.09. The van der Waals surface area contributed by atoms with Crippen molar-refractivity contribution >= 4 is 13.3 Å². The van der Waals surface area contributed by atoms with Gasteiger partial charge in [0, 0.05) is 0 Å². The molecule has 0 nitrogen and oxygen atoms in total. The Morgan fingerprint density at radius 1 is 1.50 bits per heavy atom. The summed E-state index contributed by atoms with van der Waals surface area (Å²) >= 11 is 0. The van der Waals surface area contributed by atoms with Gasteiger partial charge in [-0.25, -0.2) is 0 Å². The molecule has 12 heavy (non-hydrogen) atoms. The van der Waals surface area contributed by atoms with Crippen LogP contribution in [-0.4, -0.2) is 7.85 Å². The quantitative estimate of drug-likeness (QED) is 0.453. The van der Waals surface area contributed by atoms with Crippen LogP contribution >= 0.6 is 0 Å². The number of hydrogen-bond donors (Lipinski definition) is 0. The van der Waals surface area contributed by atoms with Crippen molar-refractivity contribution in [2.24, 2.45) is 0 Å². The van der Waals surface area contributed by atoms with Crippen molar-refractivity contribution in [1.82, 2.24) is 0 Å². The summed E-state index contributed by atoms with van der Waals surface area (Å²) in [6, 6.07) is 6.00. The molecule has 0 spiro atoms. The molecule has 1 aromatic carbocycles. The first kappa shape index (κ1) is 9.12. The molecule has 0 atom stereocenters. The zero-order valence-corrected chi connectivity index (χ0v) is 7.72. The Hall–Kier alpha value is -0.975. The smallest absolute Gasteiger partial charge is 0.0998 e. The molecule has 0 fully saturated rings. The van der Waals surface area contributed by atoms with E-state index in [0.717, 1.165) is 11.9 Å². The number of hydrogen-bond acceptors (Lipinski definition) is 0. The molecule has 0 saturated heterocycles. The zero-order chi connectivity index (χ0) is 9.14. The van der Waals surface area contributed by atoms with E-state index in [1.165, 1.54) is 16.7 Å². The fourth-order valence-corrected chi connectivity index (χ4v) is 1.24. The van der Waals surface area contributed by atoms with Crippen LogP contribution in [0.1, 0.15) is 18.1 Å². The maximum Gasteiger partial charge on any atom is 0.113 e. The van der Waals surface area contributed by atoms with Gasteiger partial charge < -0.3 is 0 Å². The van der Waals surface area contributed by atoms with E-state index >= 15 is 0 Å². The van der Waals surface area contributed by atoms with Gasteiger partial charge in [0.05, 0.1) is 0 Å². The summed E-state index contributed by atoms with van der Waals surface area (Å²) in [5.41, 5.74) is 4.58. The Kier molecular flexibility index (Phi) is 2.75. The van der Waals surface area contributed by atoms with Gasteiger partial charge in [0.2, 0.25) is 0 Å². The lowest BCUT2D eigenvalue weighted by molar-refractivity contribution is 1.13. The Labute approximate surface area is 75.7 Å². The van der Waals surface area contributed by atoms with E-state index in [9.17, 15) is 0 Å². The predicted octanol–water partition coefficient (Wildman–Crippen LogP) is 1.91. The molecule has 2 radical (unpaired) electrons. The highest BCUT2D eigenvalue weighted by Crippen LogP contribution is 2.09. The Morgan fingerprint density at radius 2 is 2.17 bits per heavy atom. The highest BCUT2D eigenvalue weighted by Gasteiger charge is 1.97. The predicted molar refractivity (Wildman–Crippen MR) is 55.1 cm³/mol. The maximum atomic E-state index is 5.64. The van der Waals surface area contributed by atoms with Crippen LogP contribution < -0.4 is 5.46 Å². The molecule has 60 valence electrons. The Morgan fingerprint density at radius 3 is 2.67 bits per heavy atom. The monoisotopic (exact) mass is 156 g/mol. The topological polar surface area (TPSA) is 0 Å². The first-order chi connectivity index (χ1) is 5.59. The first-order valence-electron chi connectivity index (χ1n) is 4.09. The van der Waals surface area contributed by atoms with Gasteiger partial charge >= 0.3 is 0 Å². The molecule has 0 unspecified atom stereocenters. The minimum atomic E-state index is 0.831. The standard InChI is InChI=1S/C11H13B/c1-8(2)6-10-4-5-11(12)7-9(10)3/h4-5,7H,1,6H2,2-3H3. The number of rotatable bonds is 2. The molecule has 0 aliphatic heterocycles. The molecule has 0 N–H and O–H groups in total. The summed E-state index contributed by atoms with van der Waals surface area (Å²) in [6.07, 6.45) is 0.951. The summed E-state index contributed by atoms with van der Waals surface area (Å²) in [4.78, 5) is 0. The fourth-order valence-electron chi connectivity index (χ4n) is 1.24. The SMILES string of the molecule is [B]c1ccc(CC(=C)C)c(C)c1. The molecule has 1 heteroatoms. The van der Waals surface area contributed by atoms with E-state index in [1.54, 1.807) is 0 Å². The minimum absolute atomic E-state index is 0.831. The van der Waals surface area contributed by atoms with Crippen molar-refractivity contribution in [3.8, 4) is 0 Å². The van der Waals surface area contributed by atoms with Gasteiger partial charge in [-0.3, -0.25) is 0 Å². The van der Waals surface area contributed by atoms with E-state index in [4.69, 9.17) is 7.85 Å². The average molecular weight is 156 g/mol. The van der Waals surface area contributed by atoms with Gasteiger partial charge in [0.25, 0.3) is 0 Å². The summed E-state index contributed by atoms with van der Waals surface area (Å²) in [6.45, 7) is 8.00. The van der Waals surface area contributed by atoms with Crippen LogP contribution in [0.2, 0.25) is 0 Å². The number of allylic oxidation sites excluding steroid dienone is 1. The lowest BCUT2D eigenvalue weighted by Gasteiger charge is -2.05. The highest BCUT2D eigenvalue weighted by molar-refractivity contribution is 6.32. The van der Waals surface area contributed by atoms with Crippen LogP contribution in [0.5, 0.6) is 0 Å². The van der Waals surface area contributed by atoms with Crippen molar-refractivity contribution in [3.05, 3.63) is 41.5 Å². The third kappa shape index (κ3) is 2.26. The van der Waals surface area contributed by atoms with E-state index in [2.05, 4.69) is 19.6 Å². The lowest BCUT2D eigenvalue weighted by Crippen LogP contribution is -2.03. The van der Waals surface area contributed by atoms with Crippen LogP contribution in [0.15, 0.2) is 30.4 Å². The molecular formula is C11H13B. The second kappa shape index (κ2) is 3.62. The van der Waals surface area contributed by atoms with Crippen LogP contribution in [-0.2, 0) is 6.42 Å². The molecule has 1 aromatic rings. The molecular weight excluding hydrogens is 143 g/mol. The molecule has 0 aliphatic carbocycles. The van der Waals surface area contributed by atoms with Gasteiger partial charge in [-0.15, -0.1) is 0 Å². The molecule has 1 rings (SSSR count). The molecule has 0 saturated carbocycles. The Bertz CT molecular complexity index is 300. The maximum absolute atomic E-state index is 5.64. The summed E-state index contributed by atoms with van der Waals surface area (Å²) in [5.74, 6) is 0. The van der Waals surface area contributed by atoms with Crippen molar-refractivity contribution in [2.75, 3.05) is 0 Å². The molecule has 0 aliphatic rings. The summed E-state index contributed by atoms with van der Waals surface area (Å²) in [5, 5.41) is 0. The largest absolute Gasteiger partial charge is 0.113 e. The van der Waals surface area contributed by atoms with E-state index < -0.39 is 0 Å². The second-order valence-electron chi connectivity index (χ2n) is 3.32. The molecule has 0 amide bonds. The van der Waals surface area contributed by atoms with E-state index in [1.807, 2.05) is 19.1 Å². The fraction of sp³-hybridized carbons (Fsp3) is 0.273. The van der Waals surface area contributed by atoms with Crippen LogP contribution in [0.4, 0.5) is 0 Å². The van der Waals surface area contributed by atoms with Crippen molar-refractivity contribution in [1.29, 1.82) is 0 Å². The normalized spacial score (nSPS) is 9.83. The molecule has 0 bridgehead atoms. The molecule has 0 heterocycles. The lowest BCUT2D eigenvalue weighted by atomic mass is 9.91. The van der Waals surface area contributed by atoms with Gasteiger partial charge in [0.1, 0.15) is 7.85 Å². The van der Waals surface area contributed by atoms with Crippen LogP contribution in [0.3, 0.4) is 0 Å². The third-order valence-corrected chi connectivity index (χ3v) is 1.86. The van der Waals surface area contributed by atoms with Crippen molar-refractivity contribution in [3.63, 3.8) is 0 Å².